The van der Waals surface area contributed by atoms with Gasteiger partial charge in [0.1, 0.15) is 12.6 Å². The lowest BCUT2D eigenvalue weighted by atomic mass is 10.0. The van der Waals surface area contributed by atoms with Crippen molar-refractivity contribution in [3.8, 4) is 0 Å². The van der Waals surface area contributed by atoms with Crippen molar-refractivity contribution in [2.75, 3.05) is 13.7 Å². The molecule has 0 saturated carbocycles. The van der Waals surface area contributed by atoms with Crippen LogP contribution in [0.1, 0.15) is 43.2 Å². The third-order valence-electron chi connectivity index (χ3n) is 4.95. The molecule has 2 rings (SSSR count). The number of rotatable bonds is 13. The Labute approximate surface area is 189 Å². The van der Waals surface area contributed by atoms with Crippen molar-refractivity contribution in [1.82, 2.24) is 10.6 Å². The molecule has 0 aliphatic carbocycles. The lowest BCUT2D eigenvalue weighted by Gasteiger charge is -2.16. The van der Waals surface area contributed by atoms with E-state index in [1.165, 1.54) is 7.11 Å². The van der Waals surface area contributed by atoms with Crippen molar-refractivity contribution >= 4 is 18.0 Å². The molecule has 2 amide bonds. The van der Waals surface area contributed by atoms with Gasteiger partial charge in [-0.2, -0.15) is 0 Å². The molecule has 2 N–H and O–H groups in total. The highest BCUT2D eigenvalue weighted by atomic mass is 16.5. The first-order chi connectivity index (χ1) is 15.6. The molecular formula is C25H32N2O5. The Hall–Kier alpha value is -3.35. The van der Waals surface area contributed by atoms with Gasteiger partial charge >= 0.3 is 12.1 Å². The summed E-state index contributed by atoms with van der Waals surface area (Å²) in [5.41, 5.74) is 2.04. The first-order valence-corrected chi connectivity index (χ1v) is 10.9. The van der Waals surface area contributed by atoms with Crippen molar-refractivity contribution in [1.29, 1.82) is 0 Å². The van der Waals surface area contributed by atoms with Gasteiger partial charge in [-0.05, 0) is 36.8 Å². The van der Waals surface area contributed by atoms with Crippen LogP contribution in [0.2, 0.25) is 0 Å². The van der Waals surface area contributed by atoms with Gasteiger partial charge in [-0.3, -0.25) is 4.79 Å². The van der Waals surface area contributed by atoms with E-state index in [1.54, 1.807) is 0 Å². The highest BCUT2D eigenvalue weighted by Crippen LogP contribution is 2.07. The second-order valence-electron chi connectivity index (χ2n) is 7.47. The number of unbranched alkanes of at least 4 members (excludes halogenated alkanes) is 2. The van der Waals surface area contributed by atoms with Gasteiger partial charge in [0.25, 0.3) is 0 Å². The van der Waals surface area contributed by atoms with Crippen LogP contribution in [0.5, 0.6) is 0 Å². The number of methoxy groups -OCH3 is 1. The number of hydrogen-bond acceptors (Lipinski definition) is 5. The number of nitrogens with one attached hydrogen (secondary N) is 2. The van der Waals surface area contributed by atoms with Crippen LogP contribution in [-0.2, 0) is 32.1 Å². The monoisotopic (exact) mass is 440 g/mol. The lowest BCUT2D eigenvalue weighted by molar-refractivity contribution is -0.145. The maximum Gasteiger partial charge on any atom is 0.407 e. The first kappa shape index (κ1) is 24.9. The molecule has 0 heterocycles. The molecule has 172 valence electrons. The topological polar surface area (TPSA) is 93.7 Å². The number of ether oxygens (including phenoxy) is 2. The first-order valence-electron chi connectivity index (χ1n) is 10.9. The van der Waals surface area contributed by atoms with E-state index in [9.17, 15) is 14.4 Å². The Morgan fingerprint density at radius 3 is 2.19 bits per heavy atom. The average Bonchev–Trinajstić information content (AvgIpc) is 2.83. The molecule has 2 aromatic rings. The summed E-state index contributed by atoms with van der Waals surface area (Å²) in [5.74, 6) is -0.615. The fourth-order valence-corrected chi connectivity index (χ4v) is 3.17. The number of carbonyl (C=O) groups excluding carboxylic acids is 3. The van der Waals surface area contributed by atoms with E-state index in [0.717, 1.165) is 24.0 Å². The molecule has 0 aliphatic rings. The van der Waals surface area contributed by atoms with Crippen molar-refractivity contribution in [3.63, 3.8) is 0 Å². The lowest BCUT2D eigenvalue weighted by Crippen LogP contribution is -2.41. The van der Waals surface area contributed by atoms with E-state index in [-0.39, 0.29) is 12.5 Å². The summed E-state index contributed by atoms with van der Waals surface area (Å²) in [6.07, 6.45) is 3.20. The molecular weight excluding hydrogens is 408 g/mol. The normalized spacial score (nSPS) is 11.3. The quantitative estimate of drug-likeness (QED) is 0.365. The van der Waals surface area contributed by atoms with Crippen LogP contribution in [0.15, 0.2) is 60.7 Å². The predicted molar refractivity (Wildman–Crippen MR) is 122 cm³/mol. The summed E-state index contributed by atoms with van der Waals surface area (Å²) in [6, 6.07) is 18.6. The van der Waals surface area contributed by atoms with E-state index in [1.807, 2.05) is 60.7 Å². The zero-order valence-corrected chi connectivity index (χ0v) is 18.5. The Bertz CT molecular complexity index is 827. The third kappa shape index (κ3) is 10.1. The Kier molecular flexibility index (Phi) is 11.4. The van der Waals surface area contributed by atoms with E-state index in [0.29, 0.717) is 32.2 Å². The molecule has 0 unspecified atom stereocenters. The average molecular weight is 441 g/mol. The van der Waals surface area contributed by atoms with Gasteiger partial charge in [-0.1, -0.05) is 67.1 Å². The van der Waals surface area contributed by atoms with Gasteiger partial charge in [-0.15, -0.1) is 0 Å². The van der Waals surface area contributed by atoms with Gasteiger partial charge in [0.2, 0.25) is 5.91 Å². The summed E-state index contributed by atoms with van der Waals surface area (Å²) in [4.78, 5) is 35.9. The highest BCUT2D eigenvalue weighted by Gasteiger charge is 2.21. The summed E-state index contributed by atoms with van der Waals surface area (Å²) >= 11 is 0. The number of benzene rings is 2. The third-order valence-corrected chi connectivity index (χ3v) is 4.95. The van der Waals surface area contributed by atoms with Gasteiger partial charge in [-0.25, -0.2) is 9.59 Å². The van der Waals surface area contributed by atoms with Crippen molar-refractivity contribution < 1.29 is 23.9 Å². The maximum absolute atomic E-state index is 12.2. The molecule has 0 radical (unpaired) electrons. The number of hydrogen-bond donors (Lipinski definition) is 2. The zero-order valence-electron chi connectivity index (χ0n) is 18.5. The van der Waals surface area contributed by atoms with E-state index in [2.05, 4.69) is 10.6 Å². The Morgan fingerprint density at radius 1 is 0.875 bits per heavy atom. The standard InChI is InChI=1S/C25H32N2O5/c1-31-24(29)22(17-16-20-11-5-2-6-12-20)27-23(28)15-9-4-10-18-26-25(30)32-19-21-13-7-3-8-14-21/h2-3,5-8,11-14,22H,4,9-10,15-19H2,1H3,(H,26,30)(H,27,28)/t22-/m1/s1. The maximum atomic E-state index is 12.2. The summed E-state index contributed by atoms with van der Waals surface area (Å²) in [5, 5.41) is 5.48. The molecule has 7 heteroatoms. The molecule has 0 saturated heterocycles. The highest BCUT2D eigenvalue weighted by molar-refractivity contribution is 5.84. The second-order valence-corrected chi connectivity index (χ2v) is 7.47. The van der Waals surface area contributed by atoms with Crippen molar-refractivity contribution in [3.05, 3.63) is 71.8 Å². The van der Waals surface area contributed by atoms with Gasteiger partial charge in [0, 0.05) is 13.0 Å². The molecule has 0 bridgehead atoms. The molecule has 2 aromatic carbocycles. The minimum Gasteiger partial charge on any atom is -0.467 e. The molecule has 0 spiro atoms. The number of alkyl carbamates (subject to hydrolysis) is 1. The minimum absolute atomic E-state index is 0.177. The Morgan fingerprint density at radius 2 is 1.53 bits per heavy atom. The number of amides is 2. The SMILES string of the molecule is COC(=O)[C@@H](CCc1ccccc1)NC(=O)CCCCCNC(=O)OCc1ccccc1. The summed E-state index contributed by atoms with van der Waals surface area (Å²) in [7, 11) is 1.32. The minimum atomic E-state index is -0.659. The molecule has 1 atom stereocenters. The molecule has 0 aromatic heterocycles. The van der Waals surface area contributed by atoms with Gasteiger partial charge in [0.15, 0.2) is 0 Å². The van der Waals surface area contributed by atoms with Crippen molar-refractivity contribution in [2.24, 2.45) is 0 Å². The predicted octanol–water partition coefficient (Wildman–Crippen LogP) is 3.76. The van der Waals surface area contributed by atoms with E-state index >= 15 is 0 Å². The van der Waals surface area contributed by atoms with Crippen LogP contribution >= 0.6 is 0 Å². The molecule has 0 aliphatic heterocycles. The largest absolute Gasteiger partial charge is 0.467 e. The van der Waals surface area contributed by atoms with Gasteiger partial charge < -0.3 is 20.1 Å². The summed E-state index contributed by atoms with van der Waals surface area (Å²) in [6.45, 7) is 0.718. The van der Waals surface area contributed by atoms with Crippen LogP contribution in [-0.4, -0.2) is 37.7 Å². The molecule has 0 fully saturated rings. The fraction of sp³-hybridized carbons (Fsp3) is 0.400. The van der Waals surface area contributed by atoms with E-state index < -0.39 is 18.1 Å². The van der Waals surface area contributed by atoms with Crippen LogP contribution < -0.4 is 10.6 Å². The number of carbonyl (C=O) groups is 3. The van der Waals surface area contributed by atoms with Crippen LogP contribution in [0.25, 0.3) is 0 Å². The Balaban J connectivity index is 1.57. The second kappa shape index (κ2) is 14.6. The molecule has 32 heavy (non-hydrogen) atoms. The van der Waals surface area contributed by atoms with Crippen LogP contribution in [0.3, 0.4) is 0 Å². The van der Waals surface area contributed by atoms with Crippen molar-refractivity contribution in [2.45, 2.75) is 51.2 Å². The smallest absolute Gasteiger partial charge is 0.407 e. The van der Waals surface area contributed by atoms with Crippen LogP contribution in [0, 0.1) is 0 Å². The number of aryl methyl sites for hydroxylation is 1. The number of esters is 1. The van der Waals surface area contributed by atoms with E-state index in [4.69, 9.17) is 9.47 Å². The zero-order chi connectivity index (χ0) is 23.0. The summed E-state index contributed by atoms with van der Waals surface area (Å²) < 4.78 is 9.97. The molecule has 7 nitrogen and oxygen atoms in total. The van der Waals surface area contributed by atoms with Gasteiger partial charge in [0.05, 0.1) is 7.11 Å². The fourth-order valence-electron chi connectivity index (χ4n) is 3.17. The van der Waals surface area contributed by atoms with Crippen LogP contribution in [0.4, 0.5) is 4.79 Å².